The maximum atomic E-state index is 4.70. The molecule has 1 atom stereocenters. The van der Waals surface area contributed by atoms with Crippen LogP contribution in [0.5, 0.6) is 0 Å². The van der Waals surface area contributed by atoms with Gasteiger partial charge in [-0.2, -0.15) is 11.8 Å². The molecule has 1 heterocycles. The summed E-state index contributed by atoms with van der Waals surface area (Å²) in [4.78, 5) is 6.03. The molecule has 1 saturated heterocycles. The van der Waals surface area contributed by atoms with Crippen molar-refractivity contribution in [2.75, 3.05) is 31.1 Å². The quantitative estimate of drug-likeness (QED) is 0.350. The molecule has 0 bridgehead atoms. The third-order valence-corrected chi connectivity index (χ3v) is 5.62. The zero-order valence-electron chi connectivity index (χ0n) is 12.7. The van der Waals surface area contributed by atoms with Crippen LogP contribution in [0.4, 0.5) is 0 Å². The summed E-state index contributed by atoms with van der Waals surface area (Å²) in [7, 11) is 0. The first-order valence-electron chi connectivity index (χ1n) is 7.70. The molecule has 2 N–H and O–H groups in total. The highest BCUT2D eigenvalue weighted by Crippen LogP contribution is 2.25. The van der Waals surface area contributed by atoms with Crippen molar-refractivity contribution >= 4 is 29.5 Å². The number of nitrogens with one attached hydrogen (secondary N) is 2. The number of rotatable bonds is 7. The van der Waals surface area contributed by atoms with Crippen LogP contribution < -0.4 is 10.6 Å². The van der Waals surface area contributed by atoms with E-state index in [1.165, 1.54) is 23.5 Å². The molecule has 21 heavy (non-hydrogen) atoms. The number of guanidine groups is 1. The van der Waals surface area contributed by atoms with Gasteiger partial charge in [-0.3, -0.25) is 4.99 Å². The number of nitrogens with zero attached hydrogens (tertiary/aromatic N) is 1. The highest BCUT2D eigenvalue weighted by atomic mass is 32.2. The minimum Gasteiger partial charge on any atom is -0.357 e. The minimum atomic E-state index is 0.721. The molecule has 116 valence electrons. The van der Waals surface area contributed by atoms with E-state index in [-0.39, 0.29) is 0 Å². The van der Waals surface area contributed by atoms with E-state index in [0.717, 1.165) is 36.6 Å². The SMILES string of the molecule is CCNC(=NCC1CCCS1)NCCSc1ccccc1. The fourth-order valence-electron chi connectivity index (χ4n) is 2.18. The highest BCUT2D eigenvalue weighted by molar-refractivity contribution is 8.00. The van der Waals surface area contributed by atoms with E-state index in [2.05, 4.69) is 59.7 Å². The molecule has 0 amide bonds. The van der Waals surface area contributed by atoms with Gasteiger partial charge in [0.25, 0.3) is 0 Å². The Hall–Kier alpha value is -0.810. The van der Waals surface area contributed by atoms with Gasteiger partial charge in [-0.15, -0.1) is 11.8 Å². The van der Waals surface area contributed by atoms with Crippen LogP contribution in [0.3, 0.4) is 0 Å². The van der Waals surface area contributed by atoms with Gasteiger partial charge in [0.15, 0.2) is 5.96 Å². The Kier molecular flexibility index (Phi) is 7.89. The van der Waals surface area contributed by atoms with Crippen molar-refractivity contribution in [2.24, 2.45) is 4.99 Å². The topological polar surface area (TPSA) is 36.4 Å². The summed E-state index contributed by atoms with van der Waals surface area (Å²) in [6, 6.07) is 10.5. The second-order valence-corrected chi connectivity index (χ2v) is 7.52. The smallest absolute Gasteiger partial charge is 0.191 e. The molecule has 0 aromatic heterocycles. The number of benzene rings is 1. The van der Waals surface area contributed by atoms with E-state index in [1.54, 1.807) is 0 Å². The Morgan fingerprint density at radius 1 is 1.33 bits per heavy atom. The van der Waals surface area contributed by atoms with Crippen molar-refractivity contribution in [1.29, 1.82) is 0 Å². The van der Waals surface area contributed by atoms with Crippen LogP contribution in [0.2, 0.25) is 0 Å². The van der Waals surface area contributed by atoms with Crippen molar-refractivity contribution in [3.8, 4) is 0 Å². The molecule has 3 nitrogen and oxygen atoms in total. The predicted molar refractivity (Wildman–Crippen MR) is 96.6 cm³/mol. The Morgan fingerprint density at radius 3 is 2.90 bits per heavy atom. The monoisotopic (exact) mass is 323 g/mol. The molecule has 1 fully saturated rings. The maximum absolute atomic E-state index is 4.70. The molecule has 1 aromatic rings. The van der Waals surface area contributed by atoms with Gasteiger partial charge < -0.3 is 10.6 Å². The van der Waals surface area contributed by atoms with Crippen LogP contribution in [0, 0.1) is 0 Å². The second-order valence-electron chi connectivity index (χ2n) is 4.94. The first-order chi connectivity index (χ1) is 10.4. The molecule has 0 radical (unpaired) electrons. The summed E-state index contributed by atoms with van der Waals surface area (Å²) in [5.41, 5.74) is 0. The van der Waals surface area contributed by atoms with Crippen molar-refractivity contribution < 1.29 is 0 Å². The number of hydrogen-bond acceptors (Lipinski definition) is 3. The lowest BCUT2D eigenvalue weighted by molar-refractivity contribution is 0.770. The normalized spacial score (nSPS) is 18.7. The maximum Gasteiger partial charge on any atom is 0.191 e. The van der Waals surface area contributed by atoms with Gasteiger partial charge in [0, 0.05) is 29.0 Å². The van der Waals surface area contributed by atoms with Crippen molar-refractivity contribution in [3.63, 3.8) is 0 Å². The second kappa shape index (κ2) is 10.0. The molecule has 1 unspecified atom stereocenters. The Labute approximate surface area is 136 Å². The number of hydrogen-bond donors (Lipinski definition) is 2. The molecule has 0 spiro atoms. The third kappa shape index (κ3) is 6.66. The summed E-state index contributed by atoms with van der Waals surface area (Å²) in [5.74, 6) is 3.31. The molecular formula is C16H25N3S2. The average molecular weight is 324 g/mol. The predicted octanol–water partition coefficient (Wildman–Crippen LogP) is 3.23. The molecule has 5 heteroatoms. The van der Waals surface area contributed by atoms with Crippen molar-refractivity contribution in [3.05, 3.63) is 30.3 Å². The minimum absolute atomic E-state index is 0.721. The Balaban J connectivity index is 1.68. The van der Waals surface area contributed by atoms with Gasteiger partial charge in [-0.25, -0.2) is 0 Å². The average Bonchev–Trinajstić information content (AvgIpc) is 3.03. The largest absolute Gasteiger partial charge is 0.357 e. The lowest BCUT2D eigenvalue weighted by Crippen LogP contribution is -2.38. The van der Waals surface area contributed by atoms with Gasteiger partial charge in [0.2, 0.25) is 0 Å². The fourth-order valence-corrected chi connectivity index (χ4v) is 4.15. The van der Waals surface area contributed by atoms with Crippen LogP contribution in [-0.4, -0.2) is 42.3 Å². The zero-order valence-corrected chi connectivity index (χ0v) is 14.3. The zero-order chi connectivity index (χ0) is 14.8. The fraction of sp³-hybridized carbons (Fsp3) is 0.562. The molecule has 1 aromatic carbocycles. The summed E-state index contributed by atoms with van der Waals surface area (Å²) < 4.78 is 0. The summed E-state index contributed by atoms with van der Waals surface area (Å²) >= 11 is 3.94. The summed E-state index contributed by atoms with van der Waals surface area (Å²) in [5, 5.41) is 7.47. The lowest BCUT2D eigenvalue weighted by atomic mass is 10.2. The van der Waals surface area contributed by atoms with E-state index in [0.29, 0.717) is 0 Å². The molecule has 0 saturated carbocycles. The lowest BCUT2D eigenvalue weighted by Gasteiger charge is -2.12. The Morgan fingerprint density at radius 2 is 2.19 bits per heavy atom. The van der Waals surface area contributed by atoms with E-state index < -0.39 is 0 Å². The summed E-state index contributed by atoms with van der Waals surface area (Å²) in [6.07, 6.45) is 2.67. The molecular weight excluding hydrogens is 298 g/mol. The van der Waals surface area contributed by atoms with E-state index >= 15 is 0 Å². The highest BCUT2D eigenvalue weighted by Gasteiger charge is 2.14. The molecule has 0 aliphatic carbocycles. The van der Waals surface area contributed by atoms with Crippen LogP contribution in [0.25, 0.3) is 0 Å². The van der Waals surface area contributed by atoms with Crippen LogP contribution in [-0.2, 0) is 0 Å². The number of aliphatic imine (C=N–C) groups is 1. The standard InChI is InChI=1S/C16H25N3S2/c1-2-17-16(19-13-15-9-6-11-20-15)18-10-12-21-14-7-4-3-5-8-14/h3-5,7-8,15H,2,6,9-13H2,1H3,(H2,17,18,19). The van der Waals surface area contributed by atoms with Crippen molar-refractivity contribution in [1.82, 2.24) is 10.6 Å². The Bertz CT molecular complexity index is 417. The van der Waals surface area contributed by atoms with Crippen molar-refractivity contribution in [2.45, 2.75) is 29.9 Å². The van der Waals surface area contributed by atoms with E-state index in [4.69, 9.17) is 4.99 Å². The van der Waals surface area contributed by atoms with E-state index in [9.17, 15) is 0 Å². The van der Waals surface area contributed by atoms with E-state index in [1.807, 2.05) is 11.8 Å². The third-order valence-electron chi connectivity index (χ3n) is 3.23. The van der Waals surface area contributed by atoms with Crippen LogP contribution in [0.15, 0.2) is 40.2 Å². The molecule has 2 rings (SSSR count). The molecule has 1 aliphatic rings. The molecule has 1 aliphatic heterocycles. The first kappa shape index (κ1) is 16.6. The van der Waals surface area contributed by atoms with Gasteiger partial charge in [0.05, 0.1) is 6.54 Å². The number of thioether (sulfide) groups is 2. The van der Waals surface area contributed by atoms with Gasteiger partial charge in [-0.05, 0) is 37.7 Å². The van der Waals surface area contributed by atoms with Gasteiger partial charge in [-0.1, -0.05) is 18.2 Å². The van der Waals surface area contributed by atoms with Gasteiger partial charge in [0.1, 0.15) is 0 Å². The first-order valence-corrected chi connectivity index (χ1v) is 9.73. The van der Waals surface area contributed by atoms with Crippen LogP contribution in [0.1, 0.15) is 19.8 Å². The summed E-state index contributed by atoms with van der Waals surface area (Å²) in [6.45, 7) is 4.89. The van der Waals surface area contributed by atoms with Crippen LogP contribution >= 0.6 is 23.5 Å². The van der Waals surface area contributed by atoms with Gasteiger partial charge >= 0.3 is 0 Å².